The third kappa shape index (κ3) is 3.20. The third-order valence-electron chi connectivity index (χ3n) is 4.56. The number of nitrogens with zero attached hydrogens (tertiary/aromatic N) is 2. The molecule has 0 radical (unpaired) electrons. The van der Waals surface area contributed by atoms with Crippen LogP contribution in [0.1, 0.15) is 28.1 Å². The quantitative estimate of drug-likeness (QED) is 0.783. The van der Waals surface area contributed by atoms with Crippen LogP contribution in [-0.4, -0.2) is 34.6 Å². The Labute approximate surface area is 141 Å². The molecule has 0 spiro atoms. The molecule has 1 N–H and O–H groups in total. The van der Waals surface area contributed by atoms with Gasteiger partial charge in [-0.1, -0.05) is 12.1 Å². The van der Waals surface area contributed by atoms with Crippen molar-refractivity contribution in [2.75, 3.05) is 13.6 Å². The predicted octanol–water partition coefficient (Wildman–Crippen LogP) is 3.32. The van der Waals surface area contributed by atoms with Crippen LogP contribution in [0.2, 0.25) is 0 Å². The second-order valence-electron chi connectivity index (χ2n) is 6.42. The Morgan fingerprint density at radius 3 is 2.79 bits per heavy atom. The molecule has 5 nitrogen and oxygen atoms in total. The fraction of sp³-hybridized carbons (Fsp3) is 0.368. The maximum atomic E-state index is 12.5. The van der Waals surface area contributed by atoms with Gasteiger partial charge in [-0.15, -0.1) is 0 Å². The zero-order valence-electron chi connectivity index (χ0n) is 14.6. The summed E-state index contributed by atoms with van der Waals surface area (Å²) in [4.78, 5) is 14.3. The van der Waals surface area contributed by atoms with Crippen molar-refractivity contribution in [3.8, 4) is 0 Å². The van der Waals surface area contributed by atoms with E-state index in [2.05, 4.69) is 10.2 Å². The molecule has 0 atom stereocenters. The van der Waals surface area contributed by atoms with Crippen LogP contribution in [-0.2, 0) is 17.6 Å². The normalized spacial score (nSPS) is 11.2. The van der Waals surface area contributed by atoms with Crippen LogP contribution in [0.25, 0.3) is 11.0 Å². The van der Waals surface area contributed by atoms with Crippen molar-refractivity contribution in [2.24, 2.45) is 0 Å². The summed E-state index contributed by atoms with van der Waals surface area (Å²) in [6.07, 6.45) is 2.86. The van der Waals surface area contributed by atoms with E-state index in [4.69, 9.17) is 4.42 Å². The first kappa shape index (κ1) is 16.3. The highest BCUT2D eigenvalue weighted by atomic mass is 16.3. The first-order chi connectivity index (χ1) is 11.5. The zero-order valence-corrected chi connectivity index (χ0v) is 14.6. The Morgan fingerprint density at radius 2 is 2.08 bits per heavy atom. The molecule has 0 aliphatic rings. The van der Waals surface area contributed by atoms with Crippen LogP contribution in [0.15, 0.2) is 28.9 Å². The van der Waals surface area contributed by atoms with E-state index in [0.717, 1.165) is 39.9 Å². The lowest BCUT2D eigenvalue weighted by Gasteiger charge is -2.17. The molecule has 0 fully saturated rings. The van der Waals surface area contributed by atoms with Crippen molar-refractivity contribution in [1.82, 2.24) is 15.1 Å². The Balaban J connectivity index is 1.65. The number of benzene rings is 1. The van der Waals surface area contributed by atoms with E-state index < -0.39 is 0 Å². The Morgan fingerprint density at radius 1 is 1.29 bits per heavy atom. The van der Waals surface area contributed by atoms with Crippen LogP contribution >= 0.6 is 0 Å². The molecule has 0 saturated heterocycles. The molecular formula is C19H23N3O2. The Kier molecular flexibility index (Phi) is 4.42. The van der Waals surface area contributed by atoms with Gasteiger partial charge in [0.15, 0.2) is 0 Å². The van der Waals surface area contributed by atoms with Gasteiger partial charge >= 0.3 is 0 Å². The number of H-pyrrole nitrogens is 1. The van der Waals surface area contributed by atoms with Gasteiger partial charge in [-0.2, -0.15) is 5.10 Å². The highest BCUT2D eigenvalue weighted by molar-refractivity contribution is 5.87. The van der Waals surface area contributed by atoms with E-state index in [1.807, 2.05) is 46.0 Å². The van der Waals surface area contributed by atoms with Crippen molar-refractivity contribution in [2.45, 2.75) is 33.6 Å². The van der Waals surface area contributed by atoms with Crippen LogP contribution < -0.4 is 0 Å². The molecule has 126 valence electrons. The third-order valence-corrected chi connectivity index (χ3v) is 4.56. The molecule has 0 aliphatic heterocycles. The smallest absolute Gasteiger partial charge is 0.226 e. The van der Waals surface area contributed by atoms with Gasteiger partial charge in [-0.3, -0.25) is 9.89 Å². The number of rotatable bonds is 5. The topological polar surface area (TPSA) is 62.1 Å². The maximum Gasteiger partial charge on any atom is 0.226 e. The van der Waals surface area contributed by atoms with E-state index in [9.17, 15) is 4.79 Å². The fourth-order valence-corrected chi connectivity index (χ4v) is 2.97. The van der Waals surface area contributed by atoms with Crippen LogP contribution in [0, 0.1) is 20.8 Å². The second-order valence-corrected chi connectivity index (χ2v) is 6.42. The van der Waals surface area contributed by atoms with Crippen molar-refractivity contribution in [3.63, 3.8) is 0 Å². The molecule has 1 amide bonds. The summed E-state index contributed by atoms with van der Waals surface area (Å²) in [5.74, 6) is 0.0945. The summed E-state index contributed by atoms with van der Waals surface area (Å²) in [5, 5.41) is 8.20. The lowest BCUT2D eigenvalue weighted by molar-refractivity contribution is -0.129. The molecule has 24 heavy (non-hydrogen) atoms. The monoisotopic (exact) mass is 325 g/mol. The lowest BCUT2D eigenvalue weighted by atomic mass is 10.1. The minimum Gasteiger partial charge on any atom is -0.464 e. The Bertz CT molecular complexity index is 856. The number of likely N-dealkylation sites (N-methyl/N-ethyl adjacent to an activating group) is 1. The minimum atomic E-state index is 0.0945. The summed E-state index contributed by atoms with van der Waals surface area (Å²) in [6.45, 7) is 6.70. The number of furan rings is 1. The average Bonchev–Trinajstić information content (AvgIpc) is 3.08. The van der Waals surface area contributed by atoms with Gasteiger partial charge in [-0.25, -0.2) is 0 Å². The van der Waals surface area contributed by atoms with Crippen molar-refractivity contribution >= 4 is 16.9 Å². The number of aromatic amines is 1. The lowest BCUT2D eigenvalue weighted by Crippen LogP contribution is -2.30. The maximum absolute atomic E-state index is 12.5. The predicted molar refractivity (Wildman–Crippen MR) is 94.1 cm³/mol. The number of hydrogen-bond acceptors (Lipinski definition) is 3. The van der Waals surface area contributed by atoms with Crippen molar-refractivity contribution in [1.29, 1.82) is 0 Å². The van der Waals surface area contributed by atoms with E-state index in [0.29, 0.717) is 13.0 Å². The van der Waals surface area contributed by atoms with E-state index >= 15 is 0 Å². The molecule has 5 heteroatoms. The summed E-state index contributed by atoms with van der Waals surface area (Å²) in [7, 11) is 1.85. The molecule has 1 aromatic carbocycles. The SMILES string of the molecule is Cc1ccc2c(CC(=O)N(C)CCc3c(C)n[nH]c3C)coc2c1. The molecule has 3 rings (SSSR count). The summed E-state index contributed by atoms with van der Waals surface area (Å²) in [6, 6.07) is 6.06. The zero-order chi connectivity index (χ0) is 17.3. The standard InChI is InChI=1S/C19H23N3O2/c1-12-5-6-17-15(11-24-18(17)9-12)10-19(23)22(4)8-7-16-13(2)20-21-14(16)3/h5-6,9,11H,7-8,10H2,1-4H3,(H,20,21). The molecule has 2 aromatic heterocycles. The van der Waals surface area contributed by atoms with Crippen molar-refractivity contribution < 1.29 is 9.21 Å². The minimum absolute atomic E-state index is 0.0945. The summed E-state index contributed by atoms with van der Waals surface area (Å²) >= 11 is 0. The number of carbonyl (C=O) groups is 1. The van der Waals surface area contributed by atoms with E-state index in [-0.39, 0.29) is 5.91 Å². The number of hydrogen-bond donors (Lipinski definition) is 1. The van der Waals surface area contributed by atoms with Gasteiger partial charge in [0.2, 0.25) is 5.91 Å². The molecule has 3 aromatic rings. The van der Waals surface area contributed by atoms with Crippen LogP contribution in [0.5, 0.6) is 0 Å². The molecule has 0 aliphatic carbocycles. The molecule has 2 heterocycles. The van der Waals surface area contributed by atoms with Gasteiger partial charge in [0.05, 0.1) is 18.4 Å². The highest BCUT2D eigenvalue weighted by Crippen LogP contribution is 2.23. The molecule has 0 unspecified atom stereocenters. The summed E-state index contributed by atoms with van der Waals surface area (Å²) < 4.78 is 5.58. The average molecular weight is 325 g/mol. The summed E-state index contributed by atoms with van der Waals surface area (Å²) in [5.41, 5.74) is 6.20. The number of carbonyl (C=O) groups excluding carboxylic acids is 1. The van der Waals surface area contributed by atoms with Gasteiger partial charge in [-0.05, 0) is 44.4 Å². The molecular weight excluding hydrogens is 302 g/mol. The van der Waals surface area contributed by atoms with Gasteiger partial charge in [0.25, 0.3) is 0 Å². The van der Waals surface area contributed by atoms with Crippen LogP contribution in [0.4, 0.5) is 0 Å². The van der Waals surface area contributed by atoms with Gasteiger partial charge in [0, 0.05) is 30.2 Å². The first-order valence-corrected chi connectivity index (χ1v) is 8.17. The molecule has 0 saturated carbocycles. The fourth-order valence-electron chi connectivity index (χ4n) is 2.97. The second kappa shape index (κ2) is 6.51. The number of amides is 1. The van der Waals surface area contributed by atoms with E-state index in [1.165, 1.54) is 5.56 Å². The largest absolute Gasteiger partial charge is 0.464 e. The number of aryl methyl sites for hydroxylation is 3. The first-order valence-electron chi connectivity index (χ1n) is 8.17. The van der Waals surface area contributed by atoms with Crippen LogP contribution in [0.3, 0.4) is 0 Å². The number of fused-ring (bicyclic) bond motifs is 1. The van der Waals surface area contributed by atoms with Gasteiger partial charge in [0.1, 0.15) is 5.58 Å². The van der Waals surface area contributed by atoms with Crippen molar-refractivity contribution in [3.05, 3.63) is 52.5 Å². The van der Waals surface area contributed by atoms with E-state index in [1.54, 1.807) is 11.2 Å². The number of aromatic nitrogens is 2. The van der Waals surface area contributed by atoms with Gasteiger partial charge < -0.3 is 9.32 Å². The molecule has 0 bridgehead atoms. The number of nitrogens with one attached hydrogen (secondary N) is 1. The highest BCUT2D eigenvalue weighted by Gasteiger charge is 2.15. The Hall–Kier alpha value is -2.56.